The van der Waals surface area contributed by atoms with Gasteiger partial charge in [0, 0.05) is 24.4 Å². The molecule has 1 saturated heterocycles. The molecular weight excluding hydrogens is 303 g/mol. The summed E-state index contributed by atoms with van der Waals surface area (Å²) in [5.41, 5.74) is -0.0258. The average Bonchev–Trinajstić information content (AvgIpc) is 2.70. The Hall–Kier alpha value is -0.760. The van der Waals surface area contributed by atoms with Crippen molar-refractivity contribution in [3.63, 3.8) is 0 Å². The molecule has 6 nitrogen and oxygen atoms in total. The van der Waals surface area contributed by atoms with Crippen LogP contribution in [0.3, 0.4) is 0 Å². The fourth-order valence-corrected chi connectivity index (χ4v) is 3.43. The Balaban J connectivity index is 0.00000220. The summed E-state index contributed by atoms with van der Waals surface area (Å²) in [4.78, 5) is 35.7. The van der Waals surface area contributed by atoms with Crippen molar-refractivity contribution < 1.29 is 49.0 Å². The molecule has 0 aliphatic carbocycles. The first-order valence-corrected chi connectivity index (χ1v) is 7.21. The summed E-state index contributed by atoms with van der Waals surface area (Å²) in [6, 6.07) is -0.0583. The minimum atomic E-state index is -1.33. The van der Waals surface area contributed by atoms with Crippen molar-refractivity contribution in [1.29, 1.82) is 0 Å². The second-order valence-electron chi connectivity index (χ2n) is 4.67. The van der Waals surface area contributed by atoms with E-state index in [1.54, 1.807) is 5.41 Å². The zero-order valence-corrected chi connectivity index (χ0v) is 15.0. The van der Waals surface area contributed by atoms with Crippen LogP contribution in [0, 0.1) is 5.92 Å². The predicted octanol–water partition coefficient (Wildman–Crippen LogP) is -3.07. The van der Waals surface area contributed by atoms with Crippen molar-refractivity contribution >= 4 is 29.5 Å². The molecule has 2 heterocycles. The second kappa shape index (κ2) is 7.49. The summed E-state index contributed by atoms with van der Waals surface area (Å²) >= 11 is 1.19. The third-order valence-corrected chi connectivity index (χ3v) is 4.37. The van der Waals surface area contributed by atoms with Crippen LogP contribution < -0.4 is 40.0 Å². The fourth-order valence-electron chi connectivity index (χ4n) is 2.57. The van der Waals surface area contributed by atoms with E-state index in [1.807, 2.05) is 6.92 Å². The molecule has 1 unspecified atom stereocenters. The van der Waals surface area contributed by atoms with E-state index >= 15 is 0 Å². The van der Waals surface area contributed by atoms with Gasteiger partial charge in [0.2, 0.25) is 11.8 Å². The molecule has 0 aromatic heterocycles. The number of aliphatic carboxylic acids is 1. The SMILES string of the molecule is CC[C@H]1C(=O)N2C(C(=O)[O-])=C(S/C=C/NC(C)=O)CC12.[Na+]. The molecule has 0 saturated carbocycles. The number of hydrogen-bond donors (Lipinski definition) is 1. The van der Waals surface area contributed by atoms with Gasteiger partial charge in [0.25, 0.3) is 0 Å². The number of amides is 2. The first-order valence-electron chi connectivity index (χ1n) is 6.33. The molecule has 2 aliphatic heterocycles. The zero-order valence-electron chi connectivity index (χ0n) is 12.2. The van der Waals surface area contributed by atoms with E-state index in [-0.39, 0.29) is 59.0 Å². The van der Waals surface area contributed by atoms with Crippen LogP contribution in [0.5, 0.6) is 0 Å². The van der Waals surface area contributed by atoms with E-state index in [4.69, 9.17) is 0 Å². The molecule has 0 spiro atoms. The van der Waals surface area contributed by atoms with E-state index in [9.17, 15) is 19.5 Å². The largest absolute Gasteiger partial charge is 1.00 e. The van der Waals surface area contributed by atoms with Crippen LogP contribution in [0.25, 0.3) is 0 Å². The van der Waals surface area contributed by atoms with Crippen molar-refractivity contribution in [3.8, 4) is 0 Å². The van der Waals surface area contributed by atoms with Crippen LogP contribution in [0.2, 0.25) is 0 Å². The molecule has 1 N–H and O–H groups in total. The molecule has 1 fully saturated rings. The fraction of sp³-hybridized carbons (Fsp3) is 0.462. The van der Waals surface area contributed by atoms with Gasteiger partial charge in [0.15, 0.2) is 0 Å². The quantitative estimate of drug-likeness (QED) is 0.429. The molecule has 0 bridgehead atoms. The van der Waals surface area contributed by atoms with Gasteiger partial charge in [-0.2, -0.15) is 0 Å². The third kappa shape index (κ3) is 3.53. The molecule has 21 heavy (non-hydrogen) atoms. The Morgan fingerprint density at radius 3 is 2.71 bits per heavy atom. The molecular formula is C13H15N2NaO4S. The van der Waals surface area contributed by atoms with Crippen molar-refractivity contribution in [2.45, 2.75) is 32.7 Å². The van der Waals surface area contributed by atoms with Crippen molar-refractivity contribution in [1.82, 2.24) is 10.2 Å². The first-order chi connectivity index (χ1) is 9.47. The van der Waals surface area contributed by atoms with Gasteiger partial charge in [-0.1, -0.05) is 18.7 Å². The monoisotopic (exact) mass is 318 g/mol. The van der Waals surface area contributed by atoms with E-state index in [0.29, 0.717) is 17.7 Å². The maximum atomic E-state index is 11.9. The van der Waals surface area contributed by atoms with E-state index in [2.05, 4.69) is 5.32 Å². The molecule has 2 amide bonds. The van der Waals surface area contributed by atoms with E-state index < -0.39 is 5.97 Å². The molecule has 8 heteroatoms. The predicted molar refractivity (Wildman–Crippen MR) is 71.6 cm³/mol. The number of nitrogens with one attached hydrogen (secondary N) is 1. The number of nitrogens with zero attached hydrogens (tertiary/aromatic N) is 1. The number of carbonyl (C=O) groups is 3. The summed E-state index contributed by atoms with van der Waals surface area (Å²) in [6.45, 7) is 3.30. The summed E-state index contributed by atoms with van der Waals surface area (Å²) < 4.78 is 0. The van der Waals surface area contributed by atoms with Gasteiger partial charge in [-0.25, -0.2) is 0 Å². The van der Waals surface area contributed by atoms with Gasteiger partial charge in [-0.3, -0.25) is 9.59 Å². The van der Waals surface area contributed by atoms with Gasteiger partial charge < -0.3 is 20.1 Å². The van der Waals surface area contributed by atoms with Crippen molar-refractivity contribution in [2.24, 2.45) is 5.92 Å². The van der Waals surface area contributed by atoms with Gasteiger partial charge in [0.1, 0.15) is 0 Å². The maximum Gasteiger partial charge on any atom is 1.00 e. The van der Waals surface area contributed by atoms with E-state index in [0.717, 1.165) is 0 Å². The summed E-state index contributed by atoms with van der Waals surface area (Å²) in [7, 11) is 0. The van der Waals surface area contributed by atoms with Crippen LogP contribution in [0.15, 0.2) is 22.2 Å². The molecule has 2 aliphatic rings. The van der Waals surface area contributed by atoms with Crippen LogP contribution in [0.4, 0.5) is 0 Å². The smallest absolute Gasteiger partial charge is 0.543 e. The van der Waals surface area contributed by atoms with Gasteiger partial charge >= 0.3 is 29.6 Å². The van der Waals surface area contributed by atoms with Crippen molar-refractivity contribution in [3.05, 3.63) is 22.2 Å². The van der Waals surface area contributed by atoms with Gasteiger partial charge in [-0.05, 0) is 11.8 Å². The van der Waals surface area contributed by atoms with Crippen LogP contribution in [0.1, 0.15) is 26.7 Å². The molecule has 108 valence electrons. The summed E-state index contributed by atoms with van der Waals surface area (Å²) in [6.07, 6.45) is 2.68. The Kier molecular flexibility index (Phi) is 6.52. The first kappa shape index (κ1) is 18.3. The minimum absolute atomic E-state index is 0. The van der Waals surface area contributed by atoms with E-state index in [1.165, 1.54) is 29.8 Å². The van der Waals surface area contributed by atoms with Gasteiger partial charge in [0.05, 0.1) is 23.6 Å². The standard InChI is InChI=1S/C13H16N2O4S.Na/c1-3-8-9-6-10(20-5-4-14-7(2)16)11(13(18)19)15(9)12(8)17;/h4-5,8-9H,3,6H2,1-2H3,(H,14,16)(H,18,19);/q;+1/p-1/b5-4+;/t8-,9?;/m1./s1. The van der Waals surface area contributed by atoms with Crippen molar-refractivity contribution in [2.75, 3.05) is 0 Å². The Labute approximate surface area is 149 Å². The number of carbonyl (C=O) groups excluding carboxylic acids is 3. The Morgan fingerprint density at radius 1 is 1.52 bits per heavy atom. The molecule has 0 aromatic rings. The third-order valence-electron chi connectivity index (χ3n) is 3.45. The van der Waals surface area contributed by atoms with Gasteiger partial charge in [-0.15, -0.1) is 0 Å². The average molecular weight is 318 g/mol. The normalized spacial score (nSPS) is 23.7. The molecule has 0 aromatic carbocycles. The molecule has 2 atom stereocenters. The minimum Gasteiger partial charge on any atom is -0.543 e. The summed E-state index contributed by atoms with van der Waals surface area (Å²) in [5, 5.41) is 15.3. The summed E-state index contributed by atoms with van der Waals surface area (Å²) in [5.74, 6) is -1.77. The Morgan fingerprint density at radius 2 is 2.19 bits per heavy atom. The number of thioether (sulfide) groups is 1. The van der Waals surface area contributed by atoms with Crippen LogP contribution in [-0.2, 0) is 14.4 Å². The number of β-lactam (4-membered cyclic amide) rings is 1. The topological polar surface area (TPSA) is 89.5 Å². The molecule has 0 radical (unpaired) electrons. The number of carboxylic acids is 1. The number of rotatable bonds is 5. The number of carboxylic acid groups (broad SMARTS) is 1. The Bertz CT molecular complexity index is 532. The maximum absolute atomic E-state index is 11.9. The number of fused-ring (bicyclic) bond motifs is 1. The molecule has 2 rings (SSSR count). The van der Waals surface area contributed by atoms with Crippen LogP contribution >= 0.6 is 11.8 Å². The van der Waals surface area contributed by atoms with Crippen LogP contribution in [-0.4, -0.2) is 28.7 Å². The zero-order chi connectivity index (χ0) is 14.9. The second-order valence-corrected chi connectivity index (χ2v) is 5.68. The number of hydrogen-bond acceptors (Lipinski definition) is 5.